The van der Waals surface area contributed by atoms with Gasteiger partial charge in [-0.3, -0.25) is 9.78 Å². The number of phenolic OH excluding ortho intramolecular Hbond substituents is 1. The molecule has 1 amide bonds. The lowest BCUT2D eigenvalue weighted by Crippen LogP contribution is -2.26. The molecule has 0 bridgehead atoms. The number of benzene rings is 2. The van der Waals surface area contributed by atoms with Gasteiger partial charge in [-0.25, -0.2) is 4.39 Å². The zero-order chi connectivity index (χ0) is 24.2. The summed E-state index contributed by atoms with van der Waals surface area (Å²) >= 11 is 0. The van der Waals surface area contributed by atoms with Crippen molar-refractivity contribution in [3.8, 4) is 17.2 Å². The van der Waals surface area contributed by atoms with Gasteiger partial charge in [-0.05, 0) is 82.3 Å². The van der Waals surface area contributed by atoms with Crippen molar-refractivity contribution < 1.29 is 23.8 Å². The van der Waals surface area contributed by atoms with Gasteiger partial charge in [0.2, 0.25) is 11.7 Å². The van der Waals surface area contributed by atoms with Crippen molar-refractivity contribution in [3.63, 3.8) is 0 Å². The number of pyridine rings is 1. The van der Waals surface area contributed by atoms with E-state index in [1.807, 2.05) is 19.1 Å². The molecule has 0 saturated heterocycles. The topological polar surface area (TPSA) is 80.7 Å². The molecular formula is C27H25FN2O4. The van der Waals surface area contributed by atoms with Gasteiger partial charge in [-0.1, -0.05) is 12.1 Å². The molecule has 1 aromatic heterocycles. The number of rotatable bonds is 7. The largest absolute Gasteiger partial charge is 0.502 e. The maximum Gasteiger partial charge on any atom is 0.224 e. The highest BCUT2D eigenvalue weighted by Gasteiger charge is 2.25. The van der Waals surface area contributed by atoms with Crippen LogP contribution >= 0.6 is 0 Å². The van der Waals surface area contributed by atoms with E-state index >= 15 is 0 Å². The second kappa shape index (κ2) is 9.79. The summed E-state index contributed by atoms with van der Waals surface area (Å²) in [5.74, 6) is 0.00284. The van der Waals surface area contributed by atoms with Gasteiger partial charge in [0, 0.05) is 18.9 Å². The number of fused-ring (bicyclic) bond motifs is 1. The molecule has 1 aliphatic carbocycles. The quantitative estimate of drug-likeness (QED) is 0.537. The van der Waals surface area contributed by atoms with Crippen LogP contribution in [0, 0.1) is 5.82 Å². The summed E-state index contributed by atoms with van der Waals surface area (Å²) in [6.45, 7) is 2.21. The van der Waals surface area contributed by atoms with Crippen LogP contribution in [-0.4, -0.2) is 36.8 Å². The lowest BCUT2D eigenvalue weighted by Gasteiger charge is -2.11. The molecule has 3 aromatic rings. The predicted octanol–water partition coefficient (Wildman–Crippen LogP) is 4.63. The first-order chi connectivity index (χ1) is 16.4. The summed E-state index contributed by atoms with van der Waals surface area (Å²) in [5, 5.41) is 13.2. The second-order valence-electron chi connectivity index (χ2n) is 7.94. The summed E-state index contributed by atoms with van der Waals surface area (Å²) in [7, 11) is 2.94. The Balaban J connectivity index is 1.67. The number of phenols is 1. The molecule has 0 spiro atoms. The Morgan fingerprint density at radius 3 is 2.50 bits per heavy atom. The number of hydrogen-bond acceptors (Lipinski definition) is 5. The van der Waals surface area contributed by atoms with Crippen LogP contribution in [0.25, 0.3) is 17.2 Å². The Bertz CT molecular complexity index is 1270. The lowest BCUT2D eigenvalue weighted by molar-refractivity contribution is -0.120. The number of nitrogens with one attached hydrogen (secondary N) is 1. The molecule has 0 fully saturated rings. The summed E-state index contributed by atoms with van der Waals surface area (Å²) in [5.41, 5.74) is 5.83. The monoisotopic (exact) mass is 460 g/mol. The number of methoxy groups -OCH3 is 2. The molecular weight excluding hydrogens is 435 g/mol. The van der Waals surface area contributed by atoms with Crippen molar-refractivity contribution in [2.75, 3.05) is 20.8 Å². The van der Waals surface area contributed by atoms with E-state index in [1.54, 1.807) is 36.7 Å². The normalized spacial score (nSPS) is 13.7. The van der Waals surface area contributed by atoms with E-state index in [1.165, 1.54) is 26.4 Å². The van der Waals surface area contributed by atoms with Crippen molar-refractivity contribution in [1.29, 1.82) is 0 Å². The van der Waals surface area contributed by atoms with Crippen LogP contribution in [0.5, 0.6) is 17.2 Å². The molecule has 0 atom stereocenters. The number of allylic oxidation sites excluding steroid dienone is 2. The van der Waals surface area contributed by atoms with Gasteiger partial charge >= 0.3 is 0 Å². The van der Waals surface area contributed by atoms with Crippen molar-refractivity contribution in [2.24, 2.45) is 0 Å². The van der Waals surface area contributed by atoms with Crippen molar-refractivity contribution in [2.45, 2.75) is 13.3 Å². The summed E-state index contributed by atoms with van der Waals surface area (Å²) in [6, 6.07) is 11.7. The van der Waals surface area contributed by atoms with Gasteiger partial charge in [0.05, 0.1) is 20.6 Å². The van der Waals surface area contributed by atoms with E-state index in [0.29, 0.717) is 0 Å². The fraction of sp³-hybridized carbons (Fsp3) is 0.185. The van der Waals surface area contributed by atoms with Crippen molar-refractivity contribution >= 4 is 23.1 Å². The van der Waals surface area contributed by atoms with E-state index in [9.17, 15) is 14.3 Å². The lowest BCUT2D eigenvalue weighted by atomic mass is 10.00. The highest BCUT2D eigenvalue weighted by atomic mass is 19.1. The third-order valence-corrected chi connectivity index (χ3v) is 5.82. The predicted molar refractivity (Wildman–Crippen MR) is 129 cm³/mol. The molecule has 1 aliphatic rings. The molecule has 34 heavy (non-hydrogen) atoms. The highest BCUT2D eigenvalue weighted by molar-refractivity contribution is 6.06. The number of carbonyl (C=O) groups excluding carboxylic acids is 1. The maximum absolute atomic E-state index is 14.1. The third-order valence-electron chi connectivity index (χ3n) is 5.82. The van der Waals surface area contributed by atoms with Gasteiger partial charge in [0.15, 0.2) is 11.5 Å². The summed E-state index contributed by atoms with van der Waals surface area (Å²) < 4.78 is 24.7. The van der Waals surface area contributed by atoms with E-state index in [4.69, 9.17) is 9.47 Å². The molecule has 0 saturated carbocycles. The van der Waals surface area contributed by atoms with Crippen LogP contribution in [0.3, 0.4) is 0 Å². The molecule has 4 rings (SSSR count). The van der Waals surface area contributed by atoms with E-state index < -0.39 is 0 Å². The number of aromatic hydroxyl groups is 1. The number of amides is 1. The van der Waals surface area contributed by atoms with Crippen LogP contribution in [0.1, 0.15) is 29.2 Å². The first kappa shape index (κ1) is 23.0. The number of carbonyl (C=O) groups is 1. The van der Waals surface area contributed by atoms with Gasteiger partial charge in [0.25, 0.3) is 0 Å². The smallest absolute Gasteiger partial charge is 0.224 e. The number of halogens is 1. The fourth-order valence-electron chi connectivity index (χ4n) is 4.08. The molecule has 6 nitrogen and oxygen atoms in total. The van der Waals surface area contributed by atoms with Crippen LogP contribution in [-0.2, 0) is 11.2 Å². The zero-order valence-electron chi connectivity index (χ0n) is 19.2. The van der Waals surface area contributed by atoms with Crippen LogP contribution in [0.15, 0.2) is 60.4 Å². The number of nitrogens with zero attached hydrogens (tertiary/aromatic N) is 1. The van der Waals surface area contributed by atoms with Crippen molar-refractivity contribution in [1.82, 2.24) is 10.3 Å². The molecule has 2 aromatic carbocycles. The molecule has 2 N–H and O–H groups in total. The maximum atomic E-state index is 14.1. The Hall–Kier alpha value is -4.13. The molecule has 0 unspecified atom stereocenters. The molecule has 0 aliphatic heterocycles. The molecule has 0 radical (unpaired) electrons. The Kier molecular flexibility index (Phi) is 6.63. The summed E-state index contributed by atoms with van der Waals surface area (Å²) in [6.07, 6.45) is 5.46. The zero-order valence-corrected chi connectivity index (χ0v) is 19.2. The number of aromatic nitrogens is 1. The van der Waals surface area contributed by atoms with E-state index in [2.05, 4.69) is 10.3 Å². The van der Waals surface area contributed by atoms with E-state index in [-0.39, 0.29) is 41.9 Å². The third kappa shape index (κ3) is 4.64. The van der Waals surface area contributed by atoms with Crippen molar-refractivity contribution in [3.05, 3.63) is 88.5 Å². The van der Waals surface area contributed by atoms with Crippen LogP contribution < -0.4 is 14.8 Å². The SMILES string of the molecule is COc1cc(/C=C2/C(C)=C(CNC(=O)Cc3cccnc3)c3cc(F)ccc32)cc(OC)c1O. The number of hydrogen-bond donors (Lipinski definition) is 2. The molecule has 7 heteroatoms. The van der Waals surface area contributed by atoms with Gasteiger partial charge in [-0.15, -0.1) is 0 Å². The van der Waals surface area contributed by atoms with Crippen LogP contribution in [0.4, 0.5) is 4.39 Å². The van der Waals surface area contributed by atoms with E-state index in [0.717, 1.165) is 39.0 Å². The standard InChI is InChI=1S/C27H25FN2O4/c1-16-21(9-18-10-24(33-2)27(32)25(11-18)34-3)20-7-6-19(28)13-22(20)23(16)15-30-26(31)12-17-5-4-8-29-14-17/h4-11,13-14,32H,12,15H2,1-3H3,(H,30,31)/b21-9-. The summed E-state index contributed by atoms with van der Waals surface area (Å²) in [4.78, 5) is 16.5. The Morgan fingerprint density at radius 2 is 1.85 bits per heavy atom. The van der Waals surface area contributed by atoms with Crippen LogP contribution in [0.2, 0.25) is 0 Å². The second-order valence-corrected chi connectivity index (χ2v) is 7.94. The molecule has 174 valence electrons. The minimum Gasteiger partial charge on any atom is -0.502 e. The minimum atomic E-state index is -0.347. The fourth-order valence-corrected chi connectivity index (χ4v) is 4.08. The van der Waals surface area contributed by atoms with Gasteiger partial charge in [-0.2, -0.15) is 0 Å². The number of ether oxygens (including phenoxy) is 2. The van der Waals surface area contributed by atoms with Gasteiger partial charge in [0.1, 0.15) is 5.82 Å². The van der Waals surface area contributed by atoms with Gasteiger partial charge < -0.3 is 19.9 Å². The minimum absolute atomic E-state index is 0.0784. The first-order valence-corrected chi connectivity index (χ1v) is 10.7. The molecule has 1 heterocycles. The average molecular weight is 461 g/mol. The average Bonchev–Trinajstić information content (AvgIpc) is 3.09. The Morgan fingerprint density at radius 1 is 1.12 bits per heavy atom. The Labute approximate surface area is 197 Å². The first-order valence-electron chi connectivity index (χ1n) is 10.7. The highest BCUT2D eigenvalue weighted by Crippen LogP contribution is 2.44.